The number of amides is 1. The van der Waals surface area contributed by atoms with Crippen LogP contribution < -0.4 is 5.32 Å². The van der Waals surface area contributed by atoms with Crippen molar-refractivity contribution in [2.45, 2.75) is 20.8 Å². The molecule has 6 heteroatoms. The highest BCUT2D eigenvalue weighted by Crippen LogP contribution is 2.26. The van der Waals surface area contributed by atoms with Gasteiger partial charge >= 0.3 is 0 Å². The Labute approximate surface area is 126 Å². The Morgan fingerprint density at radius 1 is 1.29 bits per heavy atom. The molecular formula is C15H16N4OS. The predicted molar refractivity (Wildman–Crippen MR) is 84.5 cm³/mol. The number of thiazole rings is 1. The third-order valence-electron chi connectivity index (χ3n) is 3.19. The van der Waals surface area contributed by atoms with E-state index in [2.05, 4.69) is 46.6 Å². The van der Waals surface area contributed by atoms with Crippen molar-refractivity contribution in [1.82, 2.24) is 14.6 Å². The first-order valence-electron chi connectivity index (χ1n) is 6.77. The largest absolute Gasteiger partial charge is 0.293 e. The molecule has 3 rings (SSSR count). The van der Waals surface area contributed by atoms with E-state index in [4.69, 9.17) is 0 Å². The molecule has 0 atom stereocenters. The van der Waals surface area contributed by atoms with Crippen molar-refractivity contribution in [2.24, 2.45) is 5.92 Å². The fourth-order valence-electron chi connectivity index (χ4n) is 1.91. The van der Waals surface area contributed by atoms with Gasteiger partial charge in [0, 0.05) is 16.9 Å². The molecule has 1 aromatic carbocycles. The Morgan fingerprint density at radius 3 is 2.67 bits per heavy atom. The Hall–Kier alpha value is -2.21. The highest BCUT2D eigenvalue weighted by molar-refractivity contribution is 7.15. The number of carbonyl (C=O) groups excluding carboxylic acids is 1. The topological polar surface area (TPSA) is 59.3 Å². The van der Waals surface area contributed by atoms with E-state index in [-0.39, 0.29) is 11.8 Å². The molecule has 0 radical (unpaired) electrons. The number of carbonyl (C=O) groups is 1. The zero-order chi connectivity index (χ0) is 15.0. The summed E-state index contributed by atoms with van der Waals surface area (Å²) in [6.07, 6.45) is 0. The first-order valence-corrected chi connectivity index (χ1v) is 7.65. The number of nitrogens with one attached hydrogen (secondary N) is 1. The Morgan fingerprint density at radius 2 is 2.00 bits per heavy atom. The highest BCUT2D eigenvalue weighted by atomic mass is 32.1. The summed E-state index contributed by atoms with van der Waals surface area (Å²) in [5, 5.41) is 9.13. The molecule has 5 nitrogen and oxygen atoms in total. The van der Waals surface area contributed by atoms with Crippen LogP contribution in [0.1, 0.15) is 19.4 Å². The van der Waals surface area contributed by atoms with Gasteiger partial charge in [-0.1, -0.05) is 43.7 Å². The van der Waals surface area contributed by atoms with Gasteiger partial charge in [0.2, 0.25) is 16.8 Å². The zero-order valence-corrected chi connectivity index (χ0v) is 12.9. The van der Waals surface area contributed by atoms with Crippen LogP contribution in [0.2, 0.25) is 0 Å². The number of aromatic nitrogens is 3. The second-order valence-electron chi connectivity index (χ2n) is 5.26. The van der Waals surface area contributed by atoms with Gasteiger partial charge in [-0.25, -0.2) is 4.52 Å². The number of anilines is 1. The van der Waals surface area contributed by atoms with Crippen LogP contribution in [-0.2, 0) is 4.79 Å². The summed E-state index contributed by atoms with van der Waals surface area (Å²) in [6, 6.07) is 8.25. The normalized spacial score (nSPS) is 11.2. The molecule has 21 heavy (non-hydrogen) atoms. The van der Waals surface area contributed by atoms with Crippen LogP contribution >= 0.6 is 11.3 Å². The first kappa shape index (κ1) is 13.8. The molecule has 1 N–H and O–H groups in total. The van der Waals surface area contributed by atoms with Gasteiger partial charge in [0.15, 0.2) is 0 Å². The van der Waals surface area contributed by atoms with Gasteiger partial charge in [-0.2, -0.15) is 4.98 Å². The maximum absolute atomic E-state index is 11.7. The number of hydrogen-bond donors (Lipinski definition) is 1. The molecule has 3 aromatic rings. The summed E-state index contributed by atoms with van der Waals surface area (Å²) < 4.78 is 1.77. The Bertz CT molecular complexity index is 786. The molecule has 0 spiro atoms. The summed E-state index contributed by atoms with van der Waals surface area (Å²) in [5.74, 6) is 0.183. The van der Waals surface area contributed by atoms with Gasteiger partial charge in [-0.05, 0) is 6.92 Å². The number of hydrogen-bond acceptors (Lipinski definition) is 4. The number of rotatable bonds is 3. The summed E-state index contributed by atoms with van der Waals surface area (Å²) in [6.45, 7) is 5.74. The minimum atomic E-state index is -0.0943. The lowest BCUT2D eigenvalue weighted by atomic mass is 10.1. The zero-order valence-electron chi connectivity index (χ0n) is 12.1. The van der Waals surface area contributed by atoms with Crippen LogP contribution in [-0.4, -0.2) is 20.5 Å². The molecule has 0 saturated carbocycles. The molecule has 0 aliphatic heterocycles. The molecular weight excluding hydrogens is 284 g/mol. The fourth-order valence-corrected chi connectivity index (χ4v) is 2.74. The molecule has 0 bridgehead atoms. The molecule has 2 heterocycles. The van der Waals surface area contributed by atoms with Gasteiger partial charge in [0.1, 0.15) is 0 Å². The van der Waals surface area contributed by atoms with E-state index in [1.54, 1.807) is 4.52 Å². The van der Waals surface area contributed by atoms with E-state index >= 15 is 0 Å². The van der Waals surface area contributed by atoms with E-state index in [0.717, 1.165) is 16.2 Å². The van der Waals surface area contributed by atoms with Gasteiger partial charge in [-0.15, -0.1) is 16.4 Å². The van der Waals surface area contributed by atoms with Gasteiger partial charge in [0.25, 0.3) is 0 Å². The maximum atomic E-state index is 11.7. The Kier molecular flexibility index (Phi) is 3.47. The second-order valence-corrected chi connectivity index (χ2v) is 6.10. The monoisotopic (exact) mass is 300 g/mol. The van der Waals surface area contributed by atoms with E-state index in [0.29, 0.717) is 5.95 Å². The lowest BCUT2D eigenvalue weighted by Gasteiger charge is -2.02. The van der Waals surface area contributed by atoms with Crippen molar-refractivity contribution in [2.75, 3.05) is 5.32 Å². The van der Waals surface area contributed by atoms with Crippen LogP contribution in [0, 0.1) is 12.8 Å². The van der Waals surface area contributed by atoms with E-state index in [9.17, 15) is 4.79 Å². The van der Waals surface area contributed by atoms with Crippen molar-refractivity contribution < 1.29 is 4.79 Å². The van der Waals surface area contributed by atoms with Gasteiger partial charge in [-0.3, -0.25) is 10.1 Å². The molecule has 2 aromatic heterocycles. The first-order chi connectivity index (χ1) is 10.0. The lowest BCUT2D eigenvalue weighted by molar-refractivity contribution is -0.118. The number of nitrogens with zero attached hydrogens (tertiary/aromatic N) is 3. The van der Waals surface area contributed by atoms with Gasteiger partial charge < -0.3 is 0 Å². The summed E-state index contributed by atoms with van der Waals surface area (Å²) >= 11 is 1.51. The predicted octanol–water partition coefficient (Wildman–Crippen LogP) is 3.36. The lowest BCUT2D eigenvalue weighted by Crippen LogP contribution is -2.18. The molecule has 0 unspecified atom stereocenters. The number of benzene rings is 1. The SMILES string of the molecule is Cc1ccc(-c2csc3nc(NC(=O)C(C)C)nn23)cc1. The summed E-state index contributed by atoms with van der Waals surface area (Å²) in [7, 11) is 0. The summed E-state index contributed by atoms with van der Waals surface area (Å²) in [5.41, 5.74) is 3.28. The second kappa shape index (κ2) is 5.29. The van der Waals surface area contributed by atoms with E-state index in [1.165, 1.54) is 16.9 Å². The molecule has 0 aliphatic rings. The molecule has 0 aliphatic carbocycles. The smallest absolute Gasteiger partial charge is 0.250 e. The minimum absolute atomic E-state index is 0.0786. The van der Waals surface area contributed by atoms with Crippen molar-refractivity contribution >= 4 is 28.2 Å². The highest BCUT2D eigenvalue weighted by Gasteiger charge is 2.14. The molecule has 0 saturated heterocycles. The van der Waals surface area contributed by atoms with Crippen LogP contribution in [0.4, 0.5) is 5.95 Å². The Balaban J connectivity index is 1.96. The third kappa shape index (κ3) is 2.67. The quantitative estimate of drug-likeness (QED) is 0.807. The van der Waals surface area contributed by atoms with Crippen molar-refractivity contribution in [1.29, 1.82) is 0 Å². The maximum Gasteiger partial charge on any atom is 0.250 e. The standard InChI is InChI=1S/C15H16N4OS/c1-9(2)13(20)16-14-17-15-19(18-14)12(8-21-15)11-6-4-10(3)5-7-11/h4-9H,1-3H3,(H,16,18,20). The van der Waals surface area contributed by atoms with Crippen LogP contribution in [0.5, 0.6) is 0 Å². The van der Waals surface area contributed by atoms with Crippen molar-refractivity contribution in [3.05, 3.63) is 35.2 Å². The van der Waals surface area contributed by atoms with Gasteiger partial charge in [0.05, 0.1) is 5.69 Å². The molecule has 0 fully saturated rings. The van der Waals surface area contributed by atoms with Crippen LogP contribution in [0.3, 0.4) is 0 Å². The summed E-state index contributed by atoms with van der Waals surface area (Å²) in [4.78, 5) is 16.8. The fraction of sp³-hybridized carbons (Fsp3) is 0.267. The van der Waals surface area contributed by atoms with E-state index < -0.39 is 0 Å². The van der Waals surface area contributed by atoms with Crippen LogP contribution in [0.15, 0.2) is 29.6 Å². The third-order valence-corrected chi connectivity index (χ3v) is 4.00. The van der Waals surface area contributed by atoms with Crippen molar-refractivity contribution in [3.63, 3.8) is 0 Å². The average Bonchev–Trinajstić information content (AvgIpc) is 2.99. The number of fused-ring (bicyclic) bond motifs is 1. The van der Waals surface area contributed by atoms with Crippen molar-refractivity contribution in [3.8, 4) is 11.3 Å². The molecule has 1 amide bonds. The average molecular weight is 300 g/mol. The molecule has 108 valence electrons. The van der Waals surface area contributed by atoms with E-state index in [1.807, 2.05) is 19.2 Å². The minimum Gasteiger partial charge on any atom is -0.293 e. The number of aryl methyl sites for hydroxylation is 1. The van der Waals surface area contributed by atoms with Crippen LogP contribution in [0.25, 0.3) is 16.2 Å².